The molecule has 6 aliphatic rings. The van der Waals surface area contributed by atoms with Gasteiger partial charge in [0.2, 0.25) is 0 Å². The van der Waals surface area contributed by atoms with E-state index in [0.29, 0.717) is 25.0 Å². The van der Waals surface area contributed by atoms with Crippen LogP contribution in [0.3, 0.4) is 0 Å². The molecule has 0 aromatic rings. The molecule has 5 nitrogen and oxygen atoms in total. The highest BCUT2D eigenvalue weighted by atomic mass is 16.5. The van der Waals surface area contributed by atoms with Crippen LogP contribution in [-0.2, 0) is 9.53 Å². The summed E-state index contributed by atoms with van der Waals surface area (Å²) >= 11 is 0. The third-order valence-electron chi connectivity index (χ3n) is 7.87. The average Bonchev–Trinajstić information content (AvgIpc) is 3.32. The molecule has 2 heterocycles. The van der Waals surface area contributed by atoms with Crippen LogP contribution in [0.15, 0.2) is 22.7 Å². The Bertz CT molecular complexity index is 751. The smallest absolute Gasteiger partial charge is 0.174 e. The Morgan fingerprint density at radius 1 is 1.20 bits per heavy atom. The minimum atomic E-state index is -0.906. The Balaban J connectivity index is 1.55. The molecule has 0 radical (unpaired) electrons. The Morgan fingerprint density at radius 3 is 2.84 bits per heavy atom. The van der Waals surface area contributed by atoms with E-state index < -0.39 is 17.1 Å². The number of hydrogen-bond donors (Lipinski definition) is 2. The number of rotatable bonds is 2. The lowest BCUT2D eigenvalue weighted by atomic mass is 9.48. The minimum absolute atomic E-state index is 0.0967. The van der Waals surface area contributed by atoms with Crippen LogP contribution >= 0.6 is 0 Å². The summed E-state index contributed by atoms with van der Waals surface area (Å²) in [4.78, 5) is 15.2. The Morgan fingerprint density at radius 2 is 2.04 bits per heavy atom. The third kappa shape index (κ3) is 1.61. The Labute approximate surface area is 147 Å². The molecule has 0 aromatic heterocycles. The molecule has 4 atom stereocenters. The van der Waals surface area contributed by atoms with Crippen molar-refractivity contribution in [1.82, 2.24) is 4.90 Å². The van der Waals surface area contributed by atoms with Crippen LogP contribution in [-0.4, -0.2) is 51.7 Å². The summed E-state index contributed by atoms with van der Waals surface area (Å²) in [7, 11) is 0. The van der Waals surface area contributed by atoms with Crippen molar-refractivity contribution in [3.8, 4) is 0 Å². The normalized spacial score (nSPS) is 45.6. The third-order valence-corrected chi connectivity index (χ3v) is 7.87. The molecule has 2 aliphatic heterocycles. The maximum absolute atomic E-state index is 12.7. The van der Waals surface area contributed by atoms with Crippen LogP contribution < -0.4 is 0 Å². The molecule has 1 spiro atoms. The van der Waals surface area contributed by atoms with E-state index in [1.807, 2.05) is 0 Å². The number of carbonyl (C=O) groups excluding carboxylic acids is 1. The molecule has 2 saturated carbocycles. The largest absolute Gasteiger partial charge is 0.508 e. The second-order valence-electron chi connectivity index (χ2n) is 9.02. The lowest BCUT2D eigenvalue weighted by Crippen LogP contribution is -2.73. The second kappa shape index (κ2) is 4.49. The summed E-state index contributed by atoms with van der Waals surface area (Å²) in [6.07, 6.45) is 5.99. The predicted octanol–water partition coefficient (Wildman–Crippen LogP) is 2.21. The van der Waals surface area contributed by atoms with E-state index in [4.69, 9.17) is 4.74 Å². The average molecular weight is 343 g/mol. The Kier molecular flexibility index (Phi) is 2.66. The fourth-order valence-corrected chi connectivity index (χ4v) is 6.56. The molecule has 4 aliphatic carbocycles. The van der Waals surface area contributed by atoms with Gasteiger partial charge >= 0.3 is 0 Å². The monoisotopic (exact) mass is 343 g/mol. The maximum atomic E-state index is 12.7. The van der Waals surface area contributed by atoms with Gasteiger partial charge in [-0.1, -0.05) is 5.57 Å². The van der Waals surface area contributed by atoms with Crippen LogP contribution in [0.2, 0.25) is 0 Å². The summed E-state index contributed by atoms with van der Waals surface area (Å²) in [5.74, 6) is 1.70. The van der Waals surface area contributed by atoms with E-state index in [9.17, 15) is 15.0 Å². The molecule has 2 saturated heterocycles. The van der Waals surface area contributed by atoms with Crippen LogP contribution in [0, 0.1) is 11.3 Å². The first kappa shape index (κ1) is 14.8. The number of aliphatic hydroxyl groups excluding tert-OH is 1. The topological polar surface area (TPSA) is 70.0 Å². The molecule has 2 bridgehead atoms. The molecule has 0 aromatic carbocycles. The number of nitrogens with zero attached hydrogens (tertiary/aromatic N) is 1. The molecule has 2 N–H and O–H groups in total. The molecule has 25 heavy (non-hydrogen) atoms. The lowest BCUT2D eigenvalue weighted by molar-refractivity contribution is -0.206. The van der Waals surface area contributed by atoms with E-state index in [2.05, 4.69) is 4.90 Å². The first-order chi connectivity index (χ1) is 12.0. The summed E-state index contributed by atoms with van der Waals surface area (Å²) in [6.45, 7) is 2.00. The molecule has 4 fully saturated rings. The van der Waals surface area contributed by atoms with Crippen molar-refractivity contribution in [3.63, 3.8) is 0 Å². The standard InChI is InChI=1S/C20H25NO4/c22-13-4-3-12-9-15-20(24)6-5-14(23)18-19(20,16(12)17(13)25-18)7-8-21(15)10-11-1-2-11/h11,15,18,22,24H,1-10H2/t15-,18+,19?,20-/m1/s1. The van der Waals surface area contributed by atoms with E-state index >= 15 is 0 Å². The van der Waals surface area contributed by atoms with Gasteiger partial charge in [-0.25, -0.2) is 0 Å². The quantitative estimate of drug-likeness (QED) is 0.804. The van der Waals surface area contributed by atoms with Crippen molar-refractivity contribution in [2.45, 2.75) is 69.1 Å². The maximum Gasteiger partial charge on any atom is 0.174 e. The van der Waals surface area contributed by atoms with Gasteiger partial charge in [0, 0.05) is 31.0 Å². The lowest BCUT2D eigenvalue weighted by Gasteiger charge is -2.62. The van der Waals surface area contributed by atoms with Gasteiger partial charge in [0.05, 0.1) is 11.0 Å². The highest BCUT2D eigenvalue weighted by Crippen LogP contribution is 2.67. The predicted molar refractivity (Wildman–Crippen MR) is 89.7 cm³/mol. The van der Waals surface area contributed by atoms with Gasteiger partial charge in [0.1, 0.15) is 5.76 Å². The van der Waals surface area contributed by atoms with E-state index in [1.54, 1.807) is 0 Å². The summed E-state index contributed by atoms with van der Waals surface area (Å²) < 4.78 is 6.09. The SMILES string of the molecule is O=C1CC[C@@]2(O)[C@H]3CC4=C5C(=C(O)CC4)O[C@@H]1C52CCN3CC1CC1. The molecule has 134 valence electrons. The van der Waals surface area contributed by atoms with Crippen molar-refractivity contribution < 1.29 is 19.7 Å². The fraction of sp³-hybridized carbons (Fsp3) is 0.750. The van der Waals surface area contributed by atoms with Crippen molar-refractivity contribution in [3.05, 3.63) is 22.7 Å². The number of allylic oxidation sites excluding steroid dienone is 2. The first-order valence-electron chi connectivity index (χ1n) is 9.85. The number of likely N-dealkylation sites (tertiary alicyclic amines) is 1. The number of aliphatic hydroxyl groups is 2. The Hall–Kier alpha value is -1.33. The van der Waals surface area contributed by atoms with Gasteiger partial charge in [-0.05, 0) is 51.0 Å². The number of ether oxygens (including phenoxy) is 1. The molecule has 6 rings (SSSR count). The highest BCUT2D eigenvalue weighted by molar-refractivity contribution is 5.88. The fourth-order valence-electron chi connectivity index (χ4n) is 6.56. The van der Waals surface area contributed by atoms with Gasteiger partial charge in [-0.15, -0.1) is 0 Å². The number of hydrogen-bond acceptors (Lipinski definition) is 5. The highest BCUT2D eigenvalue weighted by Gasteiger charge is 2.74. The molecule has 5 heteroatoms. The van der Waals surface area contributed by atoms with Gasteiger partial charge in [0.15, 0.2) is 17.6 Å². The molecular weight excluding hydrogens is 318 g/mol. The van der Waals surface area contributed by atoms with Crippen molar-refractivity contribution in [2.24, 2.45) is 11.3 Å². The molecule has 1 unspecified atom stereocenters. The number of ketones is 1. The molecular formula is C20H25NO4. The molecule has 0 amide bonds. The van der Waals surface area contributed by atoms with Crippen LogP contribution in [0.1, 0.15) is 51.4 Å². The van der Waals surface area contributed by atoms with Gasteiger partial charge in [-0.3, -0.25) is 9.69 Å². The van der Waals surface area contributed by atoms with Crippen molar-refractivity contribution in [2.75, 3.05) is 13.1 Å². The number of carbonyl (C=O) groups is 1. The number of Topliss-reactive ketones (excluding diaryl/α,β-unsaturated/α-hetero) is 1. The van der Waals surface area contributed by atoms with E-state index in [-0.39, 0.29) is 17.6 Å². The summed E-state index contributed by atoms with van der Waals surface area (Å²) in [5.41, 5.74) is 0.806. The van der Waals surface area contributed by atoms with E-state index in [1.165, 1.54) is 18.4 Å². The van der Waals surface area contributed by atoms with Crippen molar-refractivity contribution >= 4 is 5.78 Å². The summed E-state index contributed by atoms with van der Waals surface area (Å²) in [6, 6.07) is 0.0967. The van der Waals surface area contributed by atoms with Crippen LogP contribution in [0.5, 0.6) is 0 Å². The van der Waals surface area contributed by atoms with Gasteiger partial charge < -0.3 is 14.9 Å². The minimum Gasteiger partial charge on any atom is -0.508 e. The zero-order valence-corrected chi connectivity index (χ0v) is 14.5. The van der Waals surface area contributed by atoms with Crippen LogP contribution in [0.25, 0.3) is 0 Å². The second-order valence-corrected chi connectivity index (χ2v) is 9.02. The van der Waals surface area contributed by atoms with Crippen molar-refractivity contribution in [1.29, 1.82) is 0 Å². The van der Waals surface area contributed by atoms with E-state index in [0.717, 1.165) is 43.8 Å². The number of piperidine rings is 1. The first-order valence-corrected chi connectivity index (χ1v) is 9.85. The van der Waals surface area contributed by atoms with Crippen LogP contribution in [0.4, 0.5) is 0 Å². The zero-order chi connectivity index (χ0) is 17.0. The van der Waals surface area contributed by atoms with Gasteiger partial charge in [0.25, 0.3) is 0 Å². The van der Waals surface area contributed by atoms with Gasteiger partial charge in [-0.2, -0.15) is 0 Å². The zero-order valence-electron chi connectivity index (χ0n) is 14.5. The summed E-state index contributed by atoms with van der Waals surface area (Å²) in [5, 5.41) is 22.4.